The number of aromatic nitrogens is 2. The molecule has 0 saturated carbocycles. The second-order valence-electron chi connectivity index (χ2n) is 4.57. The van der Waals surface area contributed by atoms with Crippen LogP contribution in [-0.4, -0.2) is 16.2 Å². The highest BCUT2D eigenvalue weighted by atomic mass is 16.5. The molecular weight excluding hydrogens is 214 g/mol. The fourth-order valence-corrected chi connectivity index (χ4v) is 1.84. The highest BCUT2D eigenvalue weighted by Crippen LogP contribution is 2.20. The van der Waals surface area contributed by atoms with Crippen LogP contribution in [0, 0.1) is 13.8 Å². The molecule has 0 bridgehead atoms. The third-order valence-electron chi connectivity index (χ3n) is 2.44. The molecular formula is C13H17N3O. The first-order valence-electron chi connectivity index (χ1n) is 5.71. The van der Waals surface area contributed by atoms with Gasteiger partial charge in [-0.15, -0.1) is 0 Å². The molecule has 2 rings (SSSR count). The maximum atomic E-state index is 5.70. The predicted octanol–water partition coefficient (Wildman–Crippen LogP) is 2.24. The molecule has 1 atom stereocenters. The van der Waals surface area contributed by atoms with E-state index in [1.54, 1.807) is 0 Å². The maximum absolute atomic E-state index is 5.70. The van der Waals surface area contributed by atoms with Crippen molar-refractivity contribution < 1.29 is 4.52 Å². The van der Waals surface area contributed by atoms with E-state index < -0.39 is 0 Å². The molecule has 0 amide bonds. The van der Waals surface area contributed by atoms with Gasteiger partial charge in [0.25, 0.3) is 5.89 Å². The van der Waals surface area contributed by atoms with Crippen molar-refractivity contribution in [1.82, 2.24) is 10.1 Å². The number of nitrogens with two attached hydrogens (primary N) is 1. The van der Waals surface area contributed by atoms with Gasteiger partial charge in [0.15, 0.2) is 5.82 Å². The summed E-state index contributed by atoms with van der Waals surface area (Å²) >= 11 is 0. The first-order valence-corrected chi connectivity index (χ1v) is 5.71. The lowest BCUT2D eigenvalue weighted by molar-refractivity contribution is 0.420. The molecule has 0 saturated heterocycles. The van der Waals surface area contributed by atoms with E-state index in [1.165, 1.54) is 11.1 Å². The number of aryl methyl sites for hydroxylation is 2. The van der Waals surface area contributed by atoms with E-state index in [0.29, 0.717) is 18.1 Å². The molecule has 0 fully saturated rings. The molecule has 2 aromatic rings. The lowest BCUT2D eigenvalue weighted by atomic mass is 10.1. The summed E-state index contributed by atoms with van der Waals surface area (Å²) < 4.78 is 5.24. The van der Waals surface area contributed by atoms with Gasteiger partial charge in [-0.25, -0.2) is 0 Å². The molecule has 1 heterocycles. The van der Waals surface area contributed by atoms with Crippen LogP contribution in [0.4, 0.5) is 0 Å². The van der Waals surface area contributed by atoms with Gasteiger partial charge < -0.3 is 10.3 Å². The molecule has 4 nitrogen and oxygen atoms in total. The lowest BCUT2D eigenvalue weighted by Crippen LogP contribution is -2.18. The summed E-state index contributed by atoms with van der Waals surface area (Å²) in [7, 11) is 0. The van der Waals surface area contributed by atoms with Gasteiger partial charge in [0.05, 0.1) is 0 Å². The van der Waals surface area contributed by atoms with Crippen molar-refractivity contribution in [2.24, 2.45) is 5.73 Å². The van der Waals surface area contributed by atoms with Crippen LogP contribution in [0.15, 0.2) is 22.7 Å². The third-order valence-corrected chi connectivity index (χ3v) is 2.44. The zero-order chi connectivity index (χ0) is 12.4. The van der Waals surface area contributed by atoms with Crippen LogP contribution in [-0.2, 0) is 6.42 Å². The number of benzene rings is 1. The van der Waals surface area contributed by atoms with Gasteiger partial charge in [-0.2, -0.15) is 4.98 Å². The minimum Gasteiger partial charge on any atom is -0.334 e. The minimum atomic E-state index is 0.0414. The summed E-state index contributed by atoms with van der Waals surface area (Å²) in [5.74, 6) is 1.22. The molecule has 0 aliphatic heterocycles. The Labute approximate surface area is 101 Å². The van der Waals surface area contributed by atoms with E-state index in [0.717, 1.165) is 5.56 Å². The summed E-state index contributed by atoms with van der Waals surface area (Å²) in [6.45, 7) is 6.03. The maximum Gasteiger partial charge on any atom is 0.257 e. The molecule has 2 N–H and O–H groups in total. The van der Waals surface area contributed by atoms with Gasteiger partial charge in [-0.05, 0) is 32.9 Å². The normalized spacial score (nSPS) is 12.7. The standard InChI is InChI=1S/C13H17N3O/c1-8-4-9(2)6-11(5-8)13-15-12(16-17-13)7-10(3)14/h4-6,10H,7,14H2,1-3H3. The van der Waals surface area contributed by atoms with Crippen LogP contribution in [0.2, 0.25) is 0 Å². The fraction of sp³-hybridized carbons (Fsp3) is 0.385. The highest BCUT2D eigenvalue weighted by molar-refractivity contribution is 5.55. The molecule has 0 aliphatic carbocycles. The predicted molar refractivity (Wildman–Crippen MR) is 66.6 cm³/mol. The molecule has 0 radical (unpaired) electrons. The van der Waals surface area contributed by atoms with Crippen molar-refractivity contribution in [1.29, 1.82) is 0 Å². The van der Waals surface area contributed by atoms with E-state index in [4.69, 9.17) is 10.3 Å². The summed E-state index contributed by atoms with van der Waals surface area (Å²) in [5, 5.41) is 3.93. The van der Waals surface area contributed by atoms with Crippen molar-refractivity contribution in [2.45, 2.75) is 33.2 Å². The Morgan fingerprint density at radius 3 is 2.47 bits per heavy atom. The Kier molecular flexibility index (Phi) is 3.24. The highest BCUT2D eigenvalue weighted by Gasteiger charge is 2.10. The quantitative estimate of drug-likeness (QED) is 0.879. The Hall–Kier alpha value is -1.68. The van der Waals surface area contributed by atoms with Crippen molar-refractivity contribution >= 4 is 0 Å². The SMILES string of the molecule is Cc1cc(C)cc(-c2nc(CC(C)N)no2)c1. The second-order valence-corrected chi connectivity index (χ2v) is 4.57. The van der Waals surface area contributed by atoms with Crippen LogP contribution >= 0.6 is 0 Å². The second kappa shape index (κ2) is 4.67. The third kappa shape index (κ3) is 2.91. The monoisotopic (exact) mass is 231 g/mol. The molecule has 1 unspecified atom stereocenters. The van der Waals surface area contributed by atoms with Gasteiger partial charge in [-0.1, -0.05) is 22.3 Å². The van der Waals surface area contributed by atoms with Gasteiger partial charge in [-0.3, -0.25) is 0 Å². The van der Waals surface area contributed by atoms with Crippen LogP contribution in [0.3, 0.4) is 0 Å². The van der Waals surface area contributed by atoms with Gasteiger partial charge in [0, 0.05) is 18.0 Å². The largest absolute Gasteiger partial charge is 0.334 e. The topological polar surface area (TPSA) is 64.9 Å². The Morgan fingerprint density at radius 1 is 1.24 bits per heavy atom. The molecule has 1 aromatic heterocycles. The molecule has 0 aliphatic rings. The van der Waals surface area contributed by atoms with Crippen molar-refractivity contribution in [3.63, 3.8) is 0 Å². The minimum absolute atomic E-state index is 0.0414. The molecule has 0 spiro atoms. The fourth-order valence-electron chi connectivity index (χ4n) is 1.84. The van der Waals surface area contributed by atoms with Crippen LogP contribution in [0.5, 0.6) is 0 Å². The zero-order valence-electron chi connectivity index (χ0n) is 10.4. The van der Waals surface area contributed by atoms with E-state index in [2.05, 4.69) is 30.1 Å². The number of hydrogen-bond donors (Lipinski definition) is 1. The summed E-state index contributed by atoms with van der Waals surface area (Å²) in [6.07, 6.45) is 0.633. The molecule has 1 aromatic carbocycles. The molecule has 90 valence electrons. The number of nitrogens with zero attached hydrogens (tertiary/aromatic N) is 2. The molecule has 17 heavy (non-hydrogen) atoms. The summed E-state index contributed by atoms with van der Waals surface area (Å²) in [6, 6.07) is 6.23. The molecule has 4 heteroatoms. The van der Waals surface area contributed by atoms with Crippen LogP contribution in [0.25, 0.3) is 11.5 Å². The van der Waals surface area contributed by atoms with Crippen LogP contribution in [0.1, 0.15) is 23.9 Å². The van der Waals surface area contributed by atoms with Crippen molar-refractivity contribution in [2.75, 3.05) is 0 Å². The Balaban J connectivity index is 2.30. The van der Waals surface area contributed by atoms with E-state index in [1.807, 2.05) is 19.1 Å². The van der Waals surface area contributed by atoms with E-state index in [9.17, 15) is 0 Å². The van der Waals surface area contributed by atoms with Crippen molar-refractivity contribution in [3.05, 3.63) is 35.2 Å². The average Bonchev–Trinajstić information content (AvgIpc) is 2.63. The van der Waals surface area contributed by atoms with E-state index in [-0.39, 0.29) is 6.04 Å². The number of hydrogen-bond acceptors (Lipinski definition) is 4. The van der Waals surface area contributed by atoms with Gasteiger partial charge in [0.2, 0.25) is 0 Å². The average molecular weight is 231 g/mol. The smallest absolute Gasteiger partial charge is 0.257 e. The Bertz CT molecular complexity index is 497. The number of rotatable bonds is 3. The van der Waals surface area contributed by atoms with Gasteiger partial charge in [0.1, 0.15) is 0 Å². The first-order chi connectivity index (χ1) is 8.04. The van der Waals surface area contributed by atoms with E-state index >= 15 is 0 Å². The zero-order valence-corrected chi connectivity index (χ0v) is 10.4. The van der Waals surface area contributed by atoms with Crippen LogP contribution < -0.4 is 5.73 Å². The summed E-state index contributed by atoms with van der Waals surface area (Å²) in [4.78, 5) is 4.35. The lowest BCUT2D eigenvalue weighted by Gasteiger charge is -2.00. The summed E-state index contributed by atoms with van der Waals surface area (Å²) in [5.41, 5.74) is 9.04. The first kappa shape index (κ1) is 11.8. The van der Waals surface area contributed by atoms with Crippen molar-refractivity contribution in [3.8, 4) is 11.5 Å². The van der Waals surface area contributed by atoms with Gasteiger partial charge >= 0.3 is 0 Å². The Morgan fingerprint density at radius 2 is 1.88 bits per heavy atom.